The Kier molecular flexibility index (Phi) is 3.30. The molecule has 2 saturated carbocycles. The molecule has 0 saturated heterocycles. The van der Waals surface area contributed by atoms with E-state index in [2.05, 4.69) is 35.5 Å². The molecule has 0 amide bonds. The highest BCUT2D eigenvalue weighted by Gasteiger charge is 2.41. The zero-order chi connectivity index (χ0) is 11.0. The summed E-state index contributed by atoms with van der Waals surface area (Å²) in [5.74, 6) is 1.89. The molecule has 0 radical (unpaired) electrons. The normalized spacial score (nSPS) is 46.4. The maximum Gasteiger partial charge on any atom is 0.0138 e. The van der Waals surface area contributed by atoms with Crippen LogP contribution in [0.1, 0.15) is 38.5 Å². The fraction of sp³-hybridized carbons (Fsp3) is 0.857. The predicted molar refractivity (Wildman–Crippen MR) is 71.8 cm³/mol. The Morgan fingerprint density at radius 1 is 1.19 bits per heavy atom. The first-order valence-corrected chi connectivity index (χ1v) is 8.11. The minimum Gasteiger partial charge on any atom is -0.311 e. The number of fused-ring (bicyclic) bond motifs is 1. The van der Waals surface area contributed by atoms with Gasteiger partial charge in [0.05, 0.1) is 0 Å². The van der Waals surface area contributed by atoms with Crippen molar-refractivity contribution in [1.29, 1.82) is 0 Å². The smallest absolute Gasteiger partial charge is 0.0138 e. The van der Waals surface area contributed by atoms with Gasteiger partial charge in [-0.05, 0) is 56.6 Å². The first-order valence-electron chi connectivity index (χ1n) is 6.82. The fourth-order valence-electron chi connectivity index (χ4n) is 3.68. The van der Waals surface area contributed by atoms with Crippen LogP contribution in [0, 0.1) is 11.8 Å². The van der Waals surface area contributed by atoms with Crippen LogP contribution in [0.2, 0.25) is 0 Å². The summed E-state index contributed by atoms with van der Waals surface area (Å²) >= 11 is 2.06. The van der Waals surface area contributed by atoms with Gasteiger partial charge in [0, 0.05) is 17.3 Å². The third kappa shape index (κ3) is 2.06. The summed E-state index contributed by atoms with van der Waals surface area (Å²) < 4.78 is 0. The van der Waals surface area contributed by atoms with E-state index < -0.39 is 0 Å². The SMILES string of the molecule is CSC1CCC(NC2CC3CC=CC32)CC1. The van der Waals surface area contributed by atoms with Gasteiger partial charge in [0.2, 0.25) is 0 Å². The zero-order valence-corrected chi connectivity index (χ0v) is 11.0. The topological polar surface area (TPSA) is 12.0 Å². The summed E-state index contributed by atoms with van der Waals surface area (Å²) in [4.78, 5) is 0. The van der Waals surface area contributed by atoms with Crippen LogP contribution in [0.25, 0.3) is 0 Å². The fourth-order valence-corrected chi connectivity index (χ4v) is 4.42. The van der Waals surface area contributed by atoms with E-state index in [9.17, 15) is 0 Å². The van der Waals surface area contributed by atoms with E-state index in [1.54, 1.807) is 0 Å². The summed E-state index contributed by atoms with van der Waals surface area (Å²) in [5, 5.41) is 4.85. The Bertz CT molecular complexity index is 268. The molecule has 0 aromatic heterocycles. The van der Waals surface area contributed by atoms with Crippen molar-refractivity contribution >= 4 is 11.8 Å². The summed E-state index contributed by atoms with van der Waals surface area (Å²) in [7, 11) is 0. The minimum absolute atomic E-state index is 0.819. The van der Waals surface area contributed by atoms with Gasteiger partial charge < -0.3 is 5.32 Å². The number of nitrogens with one attached hydrogen (secondary N) is 1. The summed E-state index contributed by atoms with van der Waals surface area (Å²) in [6.45, 7) is 0. The highest BCUT2D eigenvalue weighted by Crippen LogP contribution is 2.43. The van der Waals surface area contributed by atoms with E-state index in [1.807, 2.05) is 0 Å². The lowest BCUT2D eigenvalue weighted by molar-refractivity contribution is 0.141. The highest BCUT2D eigenvalue weighted by molar-refractivity contribution is 7.99. The van der Waals surface area contributed by atoms with Crippen LogP contribution in [0.15, 0.2) is 12.2 Å². The molecule has 0 aromatic carbocycles. The van der Waals surface area contributed by atoms with Gasteiger partial charge in [0.1, 0.15) is 0 Å². The maximum atomic E-state index is 3.91. The minimum atomic E-state index is 0.819. The summed E-state index contributed by atoms with van der Waals surface area (Å²) in [6.07, 6.45) is 15.6. The molecule has 0 bridgehead atoms. The van der Waals surface area contributed by atoms with Gasteiger partial charge in [0.25, 0.3) is 0 Å². The molecule has 3 rings (SSSR count). The van der Waals surface area contributed by atoms with Crippen LogP contribution in [-0.2, 0) is 0 Å². The molecule has 2 fully saturated rings. The monoisotopic (exact) mass is 237 g/mol. The average Bonchev–Trinajstić information content (AvgIpc) is 2.68. The second-order valence-corrected chi connectivity index (χ2v) is 6.86. The Labute approximate surface area is 103 Å². The number of allylic oxidation sites excluding steroid dienone is 1. The second-order valence-electron chi connectivity index (χ2n) is 5.72. The van der Waals surface area contributed by atoms with E-state index in [0.717, 1.165) is 29.2 Å². The van der Waals surface area contributed by atoms with Crippen LogP contribution in [-0.4, -0.2) is 23.6 Å². The molecule has 0 spiro atoms. The van der Waals surface area contributed by atoms with E-state index in [-0.39, 0.29) is 0 Å². The molecule has 3 atom stereocenters. The Morgan fingerprint density at radius 3 is 2.69 bits per heavy atom. The largest absolute Gasteiger partial charge is 0.311 e. The number of rotatable bonds is 3. The Hall–Kier alpha value is 0.0500. The molecular formula is C14H23NS. The quantitative estimate of drug-likeness (QED) is 0.756. The van der Waals surface area contributed by atoms with Crippen LogP contribution in [0.3, 0.4) is 0 Å². The van der Waals surface area contributed by atoms with Crippen molar-refractivity contribution in [3.63, 3.8) is 0 Å². The van der Waals surface area contributed by atoms with Crippen molar-refractivity contribution in [2.24, 2.45) is 11.8 Å². The maximum absolute atomic E-state index is 3.91. The number of thioether (sulfide) groups is 1. The molecule has 0 heterocycles. The van der Waals surface area contributed by atoms with Gasteiger partial charge >= 0.3 is 0 Å². The van der Waals surface area contributed by atoms with Crippen molar-refractivity contribution in [3.8, 4) is 0 Å². The van der Waals surface area contributed by atoms with Crippen molar-refractivity contribution < 1.29 is 0 Å². The standard InChI is InChI=1S/C14H23NS/c1-16-12-7-5-11(6-8-12)15-14-9-10-3-2-4-13(10)14/h2,4,10-15H,3,5-9H2,1H3. The molecule has 16 heavy (non-hydrogen) atoms. The molecule has 90 valence electrons. The summed E-state index contributed by atoms with van der Waals surface area (Å²) in [6, 6.07) is 1.64. The van der Waals surface area contributed by atoms with Crippen LogP contribution in [0.4, 0.5) is 0 Å². The molecule has 2 heteroatoms. The van der Waals surface area contributed by atoms with Crippen molar-refractivity contribution in [2.45, 2.75) is 55.9 Å². The summed E-state index contributed by atoms with van der Waals surface area (Å²) in [5.41, 5.74) is 0. The lowest BCUT2D eigenvalue weighted by atomic mass is 9.71. The van der Waals surface area contributed by atoms with Crippen molar-refractivity contribution in [1.82, 2.24) is 5.32 Å². The first kappa shape index (κ1) is 11.2. The van der Waals surface area contributed by atoms with Crippen LogP contribution in [0.5, 0.6) is 0 Å². The van der Waals surface area contributed by atoms with E-state index in [0.29, 0.717) is 0 Å². The highest BCUT2D eigenvalue weighted by atomic mass is 32.2. The van der Waals surface area contributed by atoms with E-state index in [1.165, 1.54) is 38.5 Å². The van der Waals surface area contributed by atoms with Crippen LogP contribution < -0.4 is 5.32 Å². The van der Waals surface area contributed by atoms with Gasteiger partial charge in [-0.1, -0.05) is 12.2 Å². The lowest BCUT2D eigenvalue weighted by Gasteiger charge is -2.44. The predicted octanol–water partition coefficient (Wildman–Crippen LogP) is 3.21. The van der Waals surface area contributed by atoms with Crippen molar-refractivity contribution in [2.75, 3.05) is 6.26 Å². The van der Waals surface area contributed by atoms with E-state index in [4.69, 9.17) is 0 Å². The molecule has 1 N–H and O–H groups in total. The van der Waals surface area contributed by atoms with E-state index >= 15 is 0 Å². The Morgan fingerprint density at radius 2 is 2.00 bits per heavy atom. The van der Waals surface area contributed by atoms with Gasteiger partial charge in [-0.3, -0.25) is 0 Å². The molecule has 0 aliphatic heterocycles. The lowest BCUT2D eigenvalue weighted by Crippen LogP contribution is -2.52. The molecule has 3 aliphatic rings. The van der Waals surface area contributed by atoms with Gasteiger partial charge in [-0.25, -0.2) is 0 Å². The second kappa shape index (κ2) is 4.73. The van der Waals surface area contributed by atoms with Crippen LogP contribution >= 0.6 is 11.8 Å². The molecule has 0 aromatic rings. The first-order chi connectivity index (χ1) is 7.86. The number of hydrogen-bond acceptors (Lipinski definition) is 2. The average molecular weight is 237 g/mol. The van der Waals surface area contributed by atoms with Crippen molar-refractivity contribution in [3.05, 3.63) is 12.2 Å². The third-order valence-electron chi connectivity index (χ3n) is 4.82. The number of hydrogen-bond donors (Lipinski definition) is 1. The molecule has 1 nitrogen and oxygen atoms in total. The van der Waals surface area contributed by atoms with Gasteiger partial charge in [-0.15, -0.1) is 0 Å². The Balaban J connectivity index is 1.44. The third-order valence-corrected chi connectivity index (χ3v) is 5.96. The van der Waals surface area contributed by atoms with Gasteiger partial charge in [0.15, 0.2) is 0 Å². The molecule has 3 aliphatic carbocycles. The van der Waals surface area contributed by atoms with Gasteiger partial charge in [-0.2, -0.15) is 11.8 Å². The molecule has 3 unspecified atom stereocenters. The zero-order valence-electron chi connectivity index (χ0n) is 10.2. The molecular weight excluding hydrogens is 214 g/mol.